The molecular weight excluding hydrogens is 286 g/mol. The summed E-state index contributed by atoms with van der Waals surface area (Å²) in [5.74, 6) is -1.39. The Kier molecular flexibility index (Phi) is 6.54. The molecule has 1 aromatic carbocycles. The van der Waals surface area contributed by atoms with Crippen molar-refractivity contribution >= 4 is 17.6 Å². The Morgan fingerprint density at radius 3 is 2.67 bits per heavy atom. The van der Waals surface area contributed by atoms with Crippen molar-refractivity contribution in [1.82, 2.24) is 0 Å². The van der Waals surface area contributed by atoms with Gasteiger partial charge in [0, 0.05) is 6.42 Å². The minimum Gasteiger partial charge on any atom is -0.465 e. The molecule has 1 aromatic rings. The molecule has 1 rings (SSSR count). The van der Waals surface area contributed by atoms with Crippen molar-refractivity contribution in [3.8, 4) is 5.75 Å². The first-order valence-electron chi connectivity index (χ1n) is 6.15. The summed E-state index contributed by atoms with van der Waals surface area (Å²) in [6.07, 6.45) is 0.625. The molecule has 21 heavy (non-hydrogen) atoms. The molecule has 0 heterocycles. The van der Waals surface area contributed by atoms with E-state index in [2.05, 4.69) is 14.8 Å². The number of hydrogen-bond donors (Lipinski definition) is 2. The van der Waals surface area contributed by atoms with Crippen molar-refractivity contribution in [2.24, 2.45) is 5.73 Å². The molecule has 0 atom stereocenters. The van der Waals surface area contributed by atoms with Crippen molar-refractivity contribution in [3.05, 3.63) is 23.8 Å². The average Bonchev–Trinajstić information content (AvgIpc) is 2.45. The van der Waals surface area contributed by atoms with E-state index in [4.69, 9.17) is 5.73 Å². The van der Waals surface area contributed by atoms with Crippen molar-refractivity contribution in [1.29, 1.82) is 0 Å². The zero-order chi connectivity index (χ0) is 15.8. The van der Waals surface area contributed by atoms with Gasteiger partial charge in [0.25, 0.3) is 0 Å². The third kappa shape index (κ3) is 5.35. The molecule has 0 aliphatic rings. The van der Waals surface area contributed by atoms with E-state index in [1.54, 1.807) is 0 Å². The van der Waals surface area contributed by atoms with E-state index in [1.807, 2.05) is 0 Å². The number of carbonyl (C=O) groups is 2. The lowest BCUT2D eigenvalue weighted by Gasteiger charge is -2.13. The lowest BCUT2D eigenvalue weighted by atomic mass is 10.2. The van der Waals surface area contributed by atoms with Crippen molar-refractivity contribution in [2.75, 3.05) is 19.0 Å². The topological polar surface area (TPSA) is 90.7 Å². The quantitative estimate of drug-likeness (QED) is 0.749. The molecule has 0 saturated carbocycles. The van der Waals surface area contributed by atoms with Crippen LogP contribution in [0.1, 0.15) is 23.2 Å². The van der Waals surface area contributed by atoms with Gasteiger partial charge in [0.2, 0.25) is 5.91 Å². The van der Waals surface area contributed by atoms with Gasteiger partial charge in [0.15, 0.2) is 0 Å². The summed E-state index contributed by atoms with van der Waals surface area (Å²) in [5.41, 5.74) is 5.36. The predicted octanol–water partition coefficient (Wildman–Crippen LogP) is 1.75. The monoisotopic (exact) mass is 302 g/mol. The molecule has 3 N–H and O–H groups in total. The number of amides is 1. The molecule has 0 aromatic heterocycles. The second-order valence-corrected chi connectivity index (χ2v) is 4.02. The third-order valence-corrected chi connectivity index (χ3v) is 2.50. The number of methoxy groups -OCH3 is 1. The molecular formula is C13H16F2N2O4. The smallest absolute Gasteiger partial charge is 0.387 e. The summed E-state index contributed by atoms with van der Waals surface area (Å²) < 4.78 is 33.6. The maximum atomic E-state index is 12.4. The van der Waals surface area contributed by atoms with Gasteiger partial charge in [-0.2, -0.15) is 8.78 Å². The molecule has 6 nitrogen and oxygen atoms in total. The molecule has 0 saturated heterocycles. The van der Waals surface area contributed by atoms with Crippen LogP contribution in [0.25, 0.3) is 0 Å². The van der Waals surface area contributed by atoms with Crippen LogP contribution in [0.4, 0.5) is 14.5 Å². The molecule has 0 fully saturated rings. The van der Waals surface area contributed by atoms with Crippen LogP contribution < -0.4 is 15.8 Å². The molecule has 0 bridgehead atoms. The summed E-state index contributed by atoms with van der Waals surface area (Å²) >= 11 is 0. The Labute approximate surface area is 120 Å². The normalized spacial score (nSPS) is 10.3. The van der Waals surface area contributed by atoms with E-state index in [-0.39, 0.29) is 29.3 Å². The largest absolute Gasteiger partial charge is 0.465 e. The standard InChI is InChI=1S/C13H16F2N2O4/c1-20-12(19)8-4-5-9(10(7-8)21-13(14)15)17-11(18)3-2-6-16/h4-5,7,13H,2-3,6,16H2,1H3,(H,17,18). The van der Waals surface area contributed by atoms with E-state index < -0.39 is 12.6 Å². The van der Waals surface area contributed by atoms with Gasteiger partial charge in [0.05, 0.1) is 18.4 Å². The first kappa shape index (κ1) is 16.8. The fourth-order valence-electron chi connectivity index (χ4n) is 1.54. The molecule has 1 amide bonds. The average molecular weight is 302 g/mol. The fraction of sp³-hybridized carbons (Fsp3) is 0.385. The number of nitrogens with two attached hydrogens (primary N) is 1. The highest BCUT2D eigenvalue weighted by molar-refractivity contribution is 5.95. The van der Waals surface area contributed by atoms with Crippen LogP contribution in [-0.2, 0) is 9.53 Å². The Bertz CT molecular complexity index is 509. The van der Waals surface area contributed by atoms with E-state index in [0.29, 0.717) is 13.0 Å². The molecule has 0 aliphatic carbocycles. The molecule has 0 unspecified atom stereocenters. The summed E-state index contributed by atoms with van der Waals surface area (Å²) in [6.45, 7) is -2.74. The van der Waals surface area contributed by atoms with Crippen LogP contribution in [0.2, 0.25) is 0 Å². The highest BCUT2D eigenvalue weighted by Crippen LogP contribution is 2.28. The molecule has 8 heteroatoms. The number of alkyl halides is 2. The maximum absolute atomic E-state index is 12.4. The number of rotatable bonds is 7. The number of nitrogens with one attached hydrogen (secondary N) is 1. The van der Waals surface area contributed by atoms with Crippen LogP contribution in [0.3, 0.4) is 0 Å². The molecule has 0 aliphatic heterocycles. The minimum absolute atomic E-state index is 0.0353. The van der Waals surface area contributed by atoms with Gasteiger partial charge in [-0.25, -0.2) is 4.79 Å². The second-order valence-electron chi connectivity index (χ2n) is 4.02. The van der Waals surface area contributed by atoms with Gasteiger partial charge in [-0.05, 0) is 31.2 Å². The lowest BCUT2D eigenvalue weighted by molar-refractivity contribution is -0.116. The zero-order valence-corrected chi connectivity index (χ0v) is 11.4. The third-order valence-electron chi connectivity index (χ3n) is 2.50. The fourth-order valence-corrected chi connectivity index (χ4v) is 1.54. The van der Waals surface area contributed by atoms with Crippen molar-refractivity contribution in [2.45, 2.75) is 19.5 Å². The molecule has 0 radical (unpaired) electrons. The van der Waals surface area contributed by atoms with E-state index >= 15 is 0 Å². The number of esters is 1. The van der Waals surface area contributed by atoms with Crippen molar-refractivity contribution in [3.63, 3.8) is 0 Å². The highest BCUT2D eigenvalue weighted by atomic mass is 19.3. The number of benzene rings is 1. The summed E-state index contributed by atoms with van der Waals surface area (Å²) in [6, 6.07) is 3.71. The molecule has 0 spiro atoms. The SMILES string of the molecule is COC(=O)c1ccc(NC(=O)CCCN)c(OC(F)F)c1. The second kappa shape index (κ2) is 8.15. The first-order chi connectivity index (χ1) is 9.97. The van der Waals surface area contributed by atoms with E-state index in [9.17, 15) is 18.4 Å². The summed E-state index contributed by atoms with van der Waals surface area (Å²) in [4.78, 5) is 22.9. The summed E-state index contributed by atoms with van der Waals surface area (Å²) in [7, 11) is 1.17. The van der Waals surface area contributed by atoms with Gasteiger partial charge < -0.3 is 20.5 Å². The number of hydrogen-bond acceptors (Lipinski definition) is 5. The number of ether oxygens (including phenoxy) is 2. The van der Waals surface area contributed by atoms with Crippen LogP contribution >= 0.6 is 0 Å². The first-order valence-corrected chi connectivity index (χ1v) is 6.15. The highest BCUT2D eigenvalue weighted by Gasteiger charge is 2.15. The van der Waals surface area contributed by atoms with Gasteiger partial charge in [-0.3, -0.25) is 4.79 Å². The van der Waals surface area contributed by atoms with Gasteiger partial charge in [0.1, 0.15) is 5.75 Å². The van der Waals surface area contributed by atoms with E-state index in [1.165, 1.54) is 19.2 Å². The van der Waals surface area contributed by atoms with Gasteiger partial charge in [-0.1, -0.05) is 0 Å². The number of carbonyl (C=O) groups excluding carboxylic acids is 2. The minimum atomic E-state index is -3.09. The molecule has 116 valence electrons. The van der Waals surface area contributed by atoms with Gasteiger partial charge >= 0.3 is 12.6 Å². The Morgan fingerprint density at radius 1 is 1.38 bits per heavy atom. The van der Waals surface area contributed by atoms with Crippen LogP contribution in [0.5, 0.6) is 5.75 Å². The Balaban J connectivity index is 2.95. The Morgan fingerprint density at radius 2 is 2.10 bits per heavy atom. The lowest BCUT2D eigenvalue weighted by Crippen LogP contribution is -2.15. The summed E-state index contributed by atoms with van der Waals surface area (Å²) in [5, 5.41) is 2.43. The number of anilines is 1. The maximum Gasteiger partial charge on any atom is 0.387 e. The van der Waals surface area contributed by atoms with Crippen LogP contribution in [0, 0.1) is 0 Å². The zero-order valence-electron chi connectivity index (χ0n) is 11.4. The number of halogens is 2. The van der Waals surface area contributed by atoms with Crippen molar-refractivity contribution < 1.29 is 27.8 Å². The Hall–Kier alpha value is -2.22. The van der Waals surface area contributed by atoms with Gasteiger partial charge in [-0.15, -0.1) is 0 Å². The predicted molar refractivity (Wildman–Crippen MR) is 71.3 cm³/mol. The van der Waals surface area contributed by atoms with E-state index in [0.717, 1.165) is 6.07 Å². The van der Waals surface area contributed by atoms with Crippen LogP contribution in [0.15, 0.2) is 18.2 Å². The van der Waals surface area contributed by atoms with Crippen LogP contribution in [-0.4, -0.2) is 32.1 Å².